The van der Waals surface area contributed by atoms with Gasteiger partial charge in [-0.05, 0) is 13.0 Å². The zero-order chi connectivity index (χ0) is 11.5. The first kappa shape index (κ1) is 10.4. The molecule has 0 spiro atoms. The van der Waals surface area contributed by atoms with E-state index < -0.39 is 0 Å². The second-order valence-corrected chi connectivity index (χ2v) is 3.39. The third-order valence-electron chi connectivity index (χ3n) is 2.25. The first-order chi connectivity index (χ1) is 7.72. The summed E-state index contributed by atoms with van der Waals surface area (Å²) in [5, 5.41) is 0. The minimum absolute atomic E-state index is 0.0189. The quantitative estimate of drug-likeness (QED) is 0.777. The molecule has 0 amide bonds. The molecule has 0 aliphatic carbocycles. The van der Waals surface area contributed by atoms with Gasteiger partial charge in [0.25, 0.3) is 0 Å². The van der Waals surface area contributed by atoms with E-state index in [9.17, 15) is 4.79 Å². The van der Waals surface area contributed by atoms with Crippen LogP contribution in [0.25, 0.3) is 5.52 Å². The van der Waals surface area contributed by atoms with Crippen LogP contribution < -0.4 is 5.73 Å². The molecule has 82 valence electrons. The lowest BCUT2D eigenvalue weighted by molar-refractivity contribution is -0.114. The smallest absolute Gasteiger partial charge is 0.162 e. The highest BCUT2D eigenvalue weighted by Gasteiger charge is 2.08. The minimum atomic E-state index is 0.0189. The Morgan fingerprint density at radius 2 is 2.38 bits per heavy atom. The Labute approximate surface area is 92.6 Å². The van der Waals surface area contributed by atoms with Gasteiger partial charge in [0.15, 0.2) is 5.78 Å². The summed E-state index contributed by atoms with van der Waals surface area (Å²) in [5.41, 5.74) is 6.42. The van der Waals surface area contributed by atoms with Gasteiger partial charge in [0.05, 0.1) is 12.6 Å². The first-order valence-corrected chi connectivity index (χ1v) is 4.94. The fourth-order valence-electron chi connectivity index (χ4n) is 1.53. The van der Waals surface area contributed by atoms with Crippen molar-refractivity contribution >= 4 is 17.1 Å². The van der Waals surface area contributed by atoms with E-state index in [-0.39, 0.29) is 12.2 Å². The third-order valence-corrected chi connectivity index (χ3v) is 2.25. The molecule has 16 heavy (non-hydrogen) atoms. The van der Waals surface area contributed by atoms with Crippen LogP contribution in [-0.4, -0.2) is 20.2 Å². The highest BCUT2D eigenvalue weighted by Crippen LogP contribution is 2.12. The average Bonchev–Trinajstić information content (AvgIpc) is 2.64. The monoisotopic (exact) mass is 216 g/mol. The van der Waals surface area contributed by atoms with Gasteiger partial charge in [-0.25, -0.2) is 9.97 Å². The van der Waals surface area contributed by atoms with E-state index in [1.807, 2.05) is 6.92 Å². The number of imidazole rings is 1. The van der Waals surface area contributed by atoms with E-state index in [0.29, 0.717) is 11.6 Å². The van der Waals surface area contributed by atoms with Crippen molar-refractivity contribution in [2.45, 2.75) is 13.3 Å². The summed E-state index contributed by atoms with van der Waals surface area (Å²) < 4.78 is 1.78. The Balaban J connectivity index is 2.39. The normalized spacial score (nSPS) is 11.3. The molecule has 2 heterocycles. The summed E-state index contributed by atoms with van der Waals surface area (Å²) in [6.45, 7) is 1.81. The van der Waals surface area contributed by atoms with E-state index in [4.69, 9.17) is 5.73 Å². The van der Waals surface area contributed by atoms with Gasteiger partial charge in [0.2, 0.25) is 0 Å². The van der Waals surface area contributed by atoms with Gasteiger partial charge in [0.1, 0.15) is 17.2 Å². The number of allylic oxidation sites excluding steroid dienone is 2. The maximum Gasteiger partial charge on any atom is 0.162 e. The average molecular weight is 216 g/mol. The summed E-state index contributed by atoms with van der Waals surface area (Å²) in [7, 11) is 0. The van der Waals surface area contributed by atoms with Crippen LogP contribution in [0.5, 0.6) is 0 Å². The summed E-state index contributed by atoms with van der Waals surface area (Å²) in [6, 6.07) is 0. The molecule has 2 aromatic rings. The highest BCUT2D eigenvalue weighted by molar-refractivity contribution is 5.91. The van der Waals surface area contributed by atoms with Crippen molar-refractivity contribution in [3.05, 3.63) is 36.6 Å². The maximum atomic E-state index is 11.5. The predicted octanol–water partition coefficient (Wildman–Crippen LogP) is 0.999. The van der Waals surface area contributed by atoms with Gasteiger partial charge in [-0.1, -0.05) is 6.08 Å². The van der Waals surface area contributed by atoms with Crippen LogP contribution in [0.1, 0.15) is 12.7 Å². The lowest BCUT2D eigenvalue weighted by Crippen LogP contribution is -2.04. The zero-order valence-corrected chi connectivity index (χ0v) is 8.92. The number of hydrogen-bond acceptors (Lipinski definition) is 4. The number of ketones is 1. The Morgan fingerprint density at radius 1 is 1.56 bits per heavy atom. The van der Waals surface area contributed by atoms with Crippen molar-refractivity contribution in [2.75, 3.05) is 5.73 Å². The van der Waals surface area contributed by atoms with Crippen LogP contribution in [0.3, 0.4) is 0 Å². The lowest BCUT2D eigenvalue weighted by Gasteiger charge is -1.99. The number of nitrogen functional groups attached to an aromatic ring is 1. The fourth-order valence-corrected chi connectivity index (χ4v) is 1.53. The van der Waals surface area contributed by atoms with Crippen LogP contribution in [0.15, 0.2) is 30.7 Å². The van der Waals surface area contributed by atoms with Crippen molar-refractivity contribution in [1.29, 1.82) is 0 Å². The molecule has 0 aliphatic heterocycles. The molecule has 0 saturated carbocycles. The summed E-state index contributed by atoms with van der Waals surface area (Å²) >= 11 is 0. The van der Waals surface area contributed by atoms with E-state index >= 15 is 0 Å². The number of fused-ring (bicyclic) bond motifs is 1. The van der Waals surface area contributed by atoms with Crippen molar-refractivity contribution in [2.24, 2.45) is 0 Å². The number of carbonyl (C=O) groups excluding carboxylic acids is 1. The molecule has 5 heteroatoms. The first-order valence-electron chi connectivity index (χ1n) is 4.94. The van der Waals surface area contributed by atoms with Crippen LogP contribution in [-0.2, 0) is 11.2 Å². The molecule has 2 N–H and O–H groups in total. The molecule has 0 saturated heterocycles. The Bertz CT molecular complexity index is 556. The number of hydrogen-bond donors (Lipinski definition) is 1. The van der Waals surface area contributed by atoms with Crippen molar-refractivity contribution in [1.82, 2.24) is 14.4 Å². The second-order valence-electron chi connectivity index (χ2n) is 3.39. The van der Waals surface area contributed by atoms with E-state index in [1.54, 1.807) is 29.1 Å². The van der Waals surface area contributed by atoms with Crippen LogP contribution in [0.4, 0.5) is 5.82 Å². The molecular formula is C11H12N4O. The molecule has 0 bridgehead atoms. The number of anilines is 1. The molecule has 2 aromatic heterocycles. The largest absolute Gasteiger partial charge is 0.382 e. The number of aromatic nitrogens is 3. The number of nitrogens with two attached hydrogens (primary N) is 1. The molecule has 0 fully saturated rings. The van der Waals surface area contributed by atoms with Crippen LogP contribution in [0.2, 0.25) is 0 Å². The molecule has 0 radical (unpaired) electrons. The lowest BCUT2D eigenvalue weighted by atomic mass is 10.2. The summed E-state index contributed by atoms with van der Waals surface area (Å²) in [6.07, 6.45) is 8.48. The van der Waals surface area contributed by atoms with Crippen molar-refractivity contribution < 1.29 is 4.79 Å². The summed E-state index contributed by atoms with van der Waals surface area (Å²) in [5.74, 6) is 1.11. The zero-order valence-electron chi connectivity index (χ0n) is 8.92. The molecule has 2 rings (SSSR count). The minimum Gasteiger partial charge on any atom is -0.382 e. The predicted molar refractivity (Wildman–Crippen MR) is 60.9 cm³/mol. The Kier molecular flexibility index (Phi) is 2.68. The molecular weight excluding hydrogens is 204 g/mol. The second kappa shape index (κ2) is 4.14. The SMILES string of the molecule is C/C=C/C(=O)Cc1ncc2c(N)nccn12. The van der Waals surface area contributed by atoms with Crippen molar-refractivity contribution in [3.8, 4) is 0 Å². The van der Waals surface area contributed by atoms with E-state index in [2.05, 4.69) is 9.97 Å². The third kappa shape index (κ3) is 1.79. The Morgan fingerprint density at radius 3 is 3.12 bits per heavy atom. The number of nitrogens with zero attached hydrogens (tertiary/aromatic N) is 3. The van der Waals surface area contributed by atoms with Crippen LogP contribution in [0, 0.1) is 0 Å². The van der Waals surface area contributed by atoms with Gasteiger partial charge < -0.3 is 5.73 Å². The van der Waals surface area contributed by atoms with Gasteiger partial charge >= 0.3 is 0 Å². The topological polar surface area (TPSA) is 73.3 Å². The van der Waals surface area contributed by atoms with Gasteiger partial charge in [-0.2, -0.15) is 0 Å². The van der Waals surface area contributed by atoms with Gasteiger partial charge in [-0.15, -0.1) is 0 Å². The highest BCUT2D eigenvalue weighted by atomic mass is 16.1. The maximum absolute atomic E-state index is 11.5. The summed E-state index contributed by atoms with van der Waals surface area (Å²) in [4.78, 5) is 19.6. The number of rotatable bonds is 3. The standard InChI is InChI=1S/C11H12N4O/c1-2-3-8(16)6-10-14-7-9-11(12)13-4-5-15(9)10/h2-5,7H,6H2,1H3,(H2,12,13)/b3-2+. The molecule has 5 nitrogen and oxygen atoms in total. The van der Waals surface area contributed by atoms with Crippen molar-refractivity contribution in [3.63, 3.8) is 0 Å². The van der Waals surface area contributed by atoms with Crippen LogP contribution >= 0.6 is 0 Å². The molecule has 0 atom stereocenters. The molecule has 0 unspecified atom stereocenters. The number of carbonyl (C=O) groups is 1. The Hall–Kier alpha value is -2.17. The van der Waals surface area contributed by atoms with Gasteiger partial charge in [-0.3, -0.25) is 9.20 Å². The molecule has 0 aromatic carbocycles. The van der Waals surface area contributed by atoms with E-state index in [0.717, 1.165) is 5.52 Å². The van der Waals surface area contributed by atoms with E-state index in [1.165, 1.54) is 6.08 Å². The molecule has 0 aliphatic rings. The fraction of sp³-hybridized carbons (Fsp3) is 0.182. The van der Waals surface area contributed by atoms with Gasteiger partial charge in [0, 0.05) is 12.4 Å².